The first-order valence-corrected chi connectivity index (χ1v) is 6.70. The Bertz CT molecular complexity index is 362. The normalized spacial score (nSPS) is 12.4. The molecule has 0 unspecified atom stereocenters. The van der Waals surface area contributed by atoms with Gasteiger partial charge in [0.05, 0.1) is 5.69 Å². The van der Waals surface area contributed by atoms with E-state index >= 15 is 0 Å². The third-order valence-electron chi connectivity index (χ3n) is 3.02. The minimum atomic E-state index is 0.113. The molecule has 1 heterocycles. The molecule has 0 saturated carbocycles. The summed E-state index contributed by atoms with van der Waals surface area (Å²) in [6.07, 6.45) is 3.33. The Balaban J connectivity index is 2.66. The number of nitrogens with zero attached hydrogens (tertiary/aromatic N) is 3. The quantitative estimate of drug-likeness (QED) is 0.783. The number of hydrogen-bond acceptors (Lipinski definition) is 3. The fourth-order valence-electron chi connectivity index (χ4n) is 2.18. The molecule has 0 spiro atoms. The lowest BCUT2D eigenvalue weighted by Gasteiger charge is -2.21. The maximum atomic E-state index is 4.61. The molecule has 104 valence electrons. The van der Waals surface area contributed by atoms with E-state index in [0.717, 1.165) is 19.6 Å². The minimum absolute atomic E-state index is 0.113. The highest BCUT2D eigenvalue weighted by atomic mass is 15.3. The first kappa shape index (κ1) is 15.2. The molecule has 1 aromatic heterocycles. The van der Waals surface area contributed by atoms with E-state index in [-0.39, 0.29) is 5.41 Å². The smallest absolute Gasteiger partial charge is 0.0722 e. The largest absolute Gasteiger partial charge is 0.320 e. The molecule has 0 aliphatic heterocycles. The molecule has 0 aliphatic carbocycles. The fraction of sp³-hybridized carbons (Fsp3) is 0.786. The second kappa shape index (κ2) is 6.34. The predicted molar refractivity (Wildman–Crippen MR) is 76.8 cm³/mol. The summed E-state index contributed by atoms with van der Waals surface area (Å²) < 4.78 is 1.93. The number of hydrogen-bond donors (Lipinski definition) is 1. The van der Waals surface area contributed by atoms with Gasteiger partial charge >= 0.3 is 0 Å². The molecule has 4 nitrogen and oxygen atoms in total. The number of aryl methyl sites for hydroxylation is 1. The zero-order valence-electron chi connectivity index (χ0n) is 12.7. The Kier molecular flexibility index (Phi) is 5.35. The van der Waals surface area contributed by atoms with Gasteiger partial charge in [-0.05, 0) is 33.6 Å². The van der Waals surface area contributed by atoms with Crippen molar-refractivity contribution in [2.75, 3.05) is 27.2 Å². The topological polar surface area (TPSA) is 33.1 Å². The molecule has 0 fully saturated rings. The van der Waals surface area contributed by atoms with Crippen LogP contribution in [0.1, 0.15) is 38.4 Å². The van der Waals surface area contributed by atoms with Gasteiger partial charge in [0.2, 0.25) is 0 Å². The van der Waals surface area contributed by atoms with E-state index in [4.69, 9.17) is 0 Å². The van der Waals surface area contributed by atoms with E-state index < -0.39 is 0 Å². The summed E-state index contributed by atoms with van der Waals surface area (Å²) in [5.41, 5.74) is 2.67. The molecular weight excluding hydrogens is 224 g/mol. The van der Waals surface area contributed by atoms with Crippen molar-refractivity contribution in [1.82, 2.24) is 20.0 Å². The molecule has 0 aliphatic rings. The number of rotatable bonds is 6. The Morgan fingerprint density at radius 3 is 2.61 bits per heavy atom. The highest BCUT2D eigenvalue weighted by molar-refractivity contribution is 5.23. The van der Waals surface area contributed by atoms with Crippen molar-refractivity contribution in [2.24, 2.45) is 7.05 Å². The third kappa shape index (κ3) is 4.42. The van der Waals surface area contributed by atoms with Gasteiger partial charge in [0.15, 0.2) is 0 Å². The summed E-state index contributed by atoms with van der Waals surface area (Å²) >= 11 is 0. The molecule has 0 amide bonds. The number of nitrogens with one attached hydrogen (secondary N) is 1. The van der Waals surface area contributed by atoms with E-state index in [1.807, 2.05) is 18.8 Å². The Hall–Kier alpha value is -0.870. The van der Waals surface area contributed by atoms with Gasteiger partial charge < -0.3 is 10.2 Å². The van der Waals surface area contributed by atoms with Crippen LogP contribution in [0.4, 0.5) is 0 Å². The molecule has 1 rings (SSSR count). The molecule has 0 radical (unpaired) electrons. The summed E-state index contributed by atoms with van der Waals surface area (Å²) in [6.45, 7) is 9.83. The SMILES string of the molecule is CNCCCN(C)Cc1cn(C)nc1C(C)(C)C. The van der Waals surface area contributed by atoms with Crippen LogP contribution in [0.5, 0.6) is 0 Å². The Morgan fingerprint density at radius 1 is 1.39 bits per heavy atom. The van der Waals surface area contributed by atoms with Crippen LogP contribution < -0.4 is 5.32 Å². The maximum Gasteiger partial charge on any atom is 0.0722 e. The summed E-state index contributed by atoms with van der Waals surface area (Å²) in [4.78, 5) is 2.36. The molecule has 0 aromatic carbocycles. The summed E-state index contributed by atoms with van der Waals surface area (Å²) in [5, 5.41) is 7.79. The average Bonchev–Trinajstić information content (AvgIpc) is 2.59. The fourth-order valence-corrected chi connectivity index (χ4v) is 2.18. The molecule has 1 N–H and O–H groups in total. The molecule has 18 heavy (non-hydrogen) atoms. The number of aromatic nitrogens is 2. The lowest BCUT2D eigenvalue weighted by Crippen LogP contribution is -2.24. The van der Waals surface area contributed by atoms with Crippen molar-refractivity contribution in [3.05, 3.63) is 17.5 Å². The molecule has 4 heteroatoms. The highest BCUT2D eigenvalue weighted by Gasteiger charge is 2.22. The highest BCUT2D eigenvalue weighted by Crippen LogP contribution is 2.24. The van der Waals surface area contributed by atoms with Crippen LogP contribution in [0.3, 0.4) is 0 Å². The summed E-state index contributed by atoms with van der Waals surface area (Å²) in [5.74, 6) is 0. The second-order valence-electron chi connectivity index (χ2n) is 6.12. The van der Waals surface area contributed by atoms with E-state index in [9.17, 15) is 0 Å². The van der Waals surface area contributed by atoms with Gasteiger partial charge in [-0.25, -0.2) is 0 Å². The van der Waals surface area contributed by atoms with E-state index in [0.29, 0.717) is 0 Å². The van der Waals surface area contributed by atoms with Gasteiger partial charge in [-0.15, -0.1) is 0 Å². The third-order valence-corrected chi connectivity index (χ3v) is 3.02. The Labute approximate surface area is 111 Å². The van der Waals surface area contributed by atoms with Crippen molar-refractivity contribution in [2.45, 2.75) is 39.2 Å². The molecule has 0 atom stereocenters. The monoisotopic (exact) mass is 252 g/mol. The molecule has 0 saturated heterocycles. The standard InChI is InChI=1S/C14H28N4/c1-14(2,3)13-12(11-18(6)16-13)10-17(5)9-7-8-15-4/h11,15H,7-10H2,1-6H3. The van der Waals surface area contributed by atoms with Crippen LogP contribution in [0.15, 0.2) is 6.20 Å². The van der Waals surface area contributed by atoms with E-state index in [1.54, 1.807) is 0 Å². The van der Waals surface area contributed by atoms with Gasteiger partial charge in [-0.3, -0.25) is 4.68 Å². The van der Waals surface area contributed by atoms with Crippen LogP contribution in [0.25, 0.3) is 0 Å². The average molecular weight is 252 g/mol. The van der Waals surface area contributed by atoms with Gasteiger partial charge in [0, 0.05) is 30.8 Å². The van der Waals surface area contributed by atoms with Gasteiger partial charge in [-0.2, -0.15) is 5.10 Å². The summed E-state index contributed by atoms with van der Waals surface area (Å²) in [7, 11) is 6.17. The van der Waals surface area contributed by atoms with Crippen LogP contribution in [-0.2, 0) is 19.0 Å². The zero-order valence-corrected chi connectivity index (χ0v) is 12.7. The molecule has 0 bridgehead atoms. The lowest BCUT2D eigenvalue weighted by molar-refractivity contribution is 0.318. The second-order valence-corrected chi connectivity index (χ2v) is 6.12. The van der Waals surface area contributed by atoms with Crippen molar-refractivity contribution in [3.63, 3.8) is 0 Å². The lowest BCUT2D eigenvalue weighted by atomic mass is 9.89. The van der Waals surface area contributed by atoms with Crippen molar-refractivity contribution < 1.29 is 0 Å². The first-order valence-electron chi connectivity index (χ1n) is 6.70. The van der Waals surface area contributed by atoms with Gasteiger partial charge in [-0.1, -0.05) is 20.8 Å². The Morgan fingerprint density at radius 2 is 2.06 bits per heavy atom. The van der Waals surface area contributed by atoms with Crippen LogP contribution >= 0.6 is 0 Å². The van der Waals surface area contributed by atoms with Crippen molar-refractivity contribution in [3.8, 4) is 0 Å². The maximum absolute atomic E-state index is 4.61. The van der Waals surface area contributed by atoms with Crippen molar-refractivity contribution >= 4 is 0 Å². The van der Waals surface area contributed by atoms with Crippen LogP contribution in [0, 0.1) is 0 Å². The van der Waals surface area contributed by atoms with Gasteiger partial charge in [0.1, 0.15) is 0 Å². The van der Waals surface area contributed by atoms with Crippen LogP contribution in [-0.4, -0.2) is 41.9 Å². The zero-order chi connectivity index (χ0) is 13.8. The molecule has 1 aromatic rings. The van der Waals surface area contributed by atoms with E-state index in [1.165, 1.54) is 17.7 Å². The van der Waals surface area contributed by atoms with Gasteiger partial charge in [0.25, 0.3) is 0 Å². The summed E-state index contributed by atoms with van der Waals surface area (Å²) in [6, 6.07) is 0. The predicted octanol–water partition coefficient (Wildman–Crippen LogP) is 1.76. The van der Waals surface area contributed by atoms with E-state index in [2.05, 4.69) is 49.3 Å². The first-order chi connectivity index (χ1) is 8.34. The van der Waals surface area contributed by atoms with Crippen LogP contribution in [0.2, 0.25) is 0 Å². The molecular formula is C14H28N4. The minimum Gasteiger partial charge on any atom is -0.320 e. The van der Waals surface area contributed by atoms with Crippen molar-refractivity contribution in [1.29, 1.82) is 0 Å².